The van der Waals surface area contributed by atoms with Gasteiger partial charge in [-0.3, -0.25) is 0 Å². The summed E-state index contributed by atoms with van der Waals surface area (Å²) >= 11 is 0. The molecule has 4 nitrogen and oxygen atoms in total. The summed E-state index contributed by atoms with van der Waals surface area (Å²) in [6.45, 7) is 4.27. The average molecular weight is 379 g/mol. The van der Waals surface area contributed by atoms with E-state index in [1.165, 1.54) is 16.7 Å². The SMILES string of the molecule is Cc1cc(-c2ccco2)cc(C)c1Cc1ccnc(Cc2ccc(C#N)cc2)n1. The Balaban J connectivity index is 1.55. The Morgan fingerprint density at radius 3 is 2.38 bits per heavy atom. The smallest absolute Gasteiger partial charge is 0.133 e. The molecule has 2 aromatic carbocycles. The van der Waals surface area contributed by atoms with E-state index in [4.69, 9.17) is 14.7 Å². The Hall–Kier alpha value is -3.71. The number of rotatable bonds is 5. The minimum absolute atomic E-state index is 0.648. The summed E-state index contributed by atoms with van der Waals surface area (Å²) in [5.74, 6) is 1.67. The van der Waals surface area contributed by atoms with Crippen molar-refractivity contribution in [3.8, 4) is 17.4 Å². The quantitative estimate of drug-likeness (QED) is 0.465. The zero-order chi connectivity index (χ0) is 20.2. The van der Waals surface area contributed by atoms with Crippen LogP contribution in [0.2, 0.25) is 0 Å². The number of benzene rings is 2. The molecule has 0 amide bonds. The third-order valence-corrected chi connectivity index (χ3v) is 5.07. The van der Waals surface area contributed by atoms with Crippen molar-refractivity contribution in [2.75, 3.05) is 0 Å². The number of nitrogens with zero attached hydrogens (tertiary/aromatic N) is 3. The second-order valence-corrected chi connectivity index (χ2v) is 7.19. The van der Waals surface area contributed by atoms with Crippen molar-refractivity contribution in [2.24, 2.45) is 0 Å². The zero-order valence-electron chi connectivity index (χ0n) is 16.5. The Morgan fingerprint density at radius 2 is 1.72 bits per heavy atom. The Bertz CT molecular complexity index is 1150. The van der Waals surface area contributed by atoms with E-state index in [0.717, 1.165) is 34.8 Å². The molecule has 0 aliphatic rings. The maximum Gasteiger partial charge on any atom is 0.133 e. The van der Waals surface area contributed by atoms with E-state index in [-0.39, 0.29) is 0 Å². The van der Waals surface area contributed by atoms with Gasteiger partial charge < -0.3 is 4.42 Å². The van der Waals surface area contributed by atoms with Crippen LogP contribution in [0.5, 0.6) is 0 Å². The first-order valence-electron chi connectivity index (χ1n) is 9.56. The van der Waals surface area contributed by atoms with E-state index < -0.39 is 0 Å². The molecule has 0 aliphatic heterocycles. The molecule has 0 spiro atoms. The summed E-state index contributed by atoms with van der Waals surface area (Å²) < 4.78 is 5.54. The number of furan rings is 1. The lowest BCUT2D eigenvalue weighted by Gasteiger charge is -2.12. The number of hydrogen-bond donors (Lipinski definition) is 0. The van der Waals surface area contributed by atoms with Gasteiger partial charge in [-0.1, -0.05) is 12.1 Å². The van der Waals surface area contributed by atoms with Gasteiger partial charge in [-0.05, 0) is 78.6 Å². The van der Waals surface area contributed by atoms with Crippen LogP contribution in [-0.4, -0.2) is 9.97 Å². The minimum Gasteiger partial charge on any atom is -0.464 e. The molecule has 2 aromatic heterocycles. The van der Waals surface area contributed by atoms with Gasteiger partial charge in [-0.25, -0.2) is 9.97 Å². The van der Waals surface area contributed by atoms with Gasteiger partial charge in [0.25, 0.3) is 0 Å². The van der Waals surface area contributed by atoms with Crippen LogP contribution < -0.4 is 0 Å². The lowest BCUT2D eigenvalue weighted by molar-refractivity contribution is 0.582. The number of aromatic nitrogens is 2. The molecule has 4 aromatic rings. The summed E-state index contributed by atoms with van der Waals surface area (Å²) in [4.78, 5) is 9.19. The molecule has 0 saturated carbocycles. The first-order valence-corrected chi connectivity index (χ1v) is 9.56. The van der Waals surface area contributed by atoms with Gasteiger partial charge in [0.1, 0.15) is 11.6 Å². The minimum atomic E-state index is 0.648. The van der Waals surface area contributed by atoms with Gasteiger partial charge in [-0.15, -0.1) is 0 Å². The van der Waals surface area contributed by atoms with E-state index in [1.807, 2.05) is 48.7 Å². The summed E-state index contributed by atoms with van der Waals surface area (Å²) in [5, 5.41) is 8.93. The highest BCUT2D eigenvalue weighted by Crippen LogP contribution is 2.27. The molecule has 0 N–H and O–H groups in total. The normalized spacial score (nSPS) is 10.7. The molecule has 0 unspecified atom stereocenters. The molecule has 2 heterocycles. The molecule has 0 atom stereocenters. The largest absolute Gasteiger partial charge is 0.464 e. The predicted octanol–water partition coefficient (Wildman–Crippen LogP) is 5.41. The molecule has 0 saturated heterocycles. The maximum atomic E-state index is 8.93. The van der Waals surface area contributed by atoms with E-state index in [2.05, 4.69) is 37.0 Å². The van der Waals surface area contributed by atoms with Crippen molar-refractivity contribution >= 4 is 0 Å². The first-order chi connectivity index (χ1) is 14.1. The average Bonchev–Trinajstić information content (AvgIpc) is 3.26. The second-order valence-electron chi connectivity index (χ2n) is 7.19. The van der Waals surface area contributed by atoms with Crippen molar-refractivity contribution in [3.05, 3.63) is 106 Å². The van der Waals surface area contributed by atoms with Crippen LogP contribution in [0.25, 0.3) is 11.3 Å². The first kappa shape index (κ1) is 18.6. The van der Waals surface area contributed by atoms with Gasteiger partial charge in [0, 0.05) is 30.3 Å². The maximum absolute atomic E-state index is 8.93. The summed E-state index contributed by atoms with van der Waals surface area (Å²) in [5.41, 5.74) is 7.58. The van der Waals surface area contributed by atoms with E-state index in [0.29, 0.717) is 12.0 Å². The topological polar surface area (TPSA) is 62.7 Å². The fourth-order valence-corrected chi connectivity index (χ4v) is 3.54. The number of hydrogen-bond acceptors (Lipinski definition) is 4. The highest BCUT2D eigenvalue weighted by molar-refractivity contribution is 5.61. The summed E-state index contributed by atoms with van der Waals surface area (Å²) in [6, 6.07) is 19.9. The zero-order valence-corrected chi connectivity index (χ0v) is 16.5. The van der Waals surface area contributed by atoms with Crippen LogP contribution in [0.4, 0.5) is 0 Å². The van der Waals surface area contributed by atoms with Gasteiger partial charge >= 0.3 is 0 Å². The highest BCUT2D eigenvalue weighted by Gasteiger charge is 2.10. The fourth-order valence-electron chi connectivity index (χ4n) is 3.54. The second kappa shape index (κ2) is 8.12. The molecule has 142 valence electrons. The molecular weight excluding hydrogens is 358 g/mol. The third-order valence-electron chi connectivity index (χ3n) is 5.07. The molecule has 29 heavy (non-hydrogen) atoms. The highest BCUT2D eigenvalue weighted by atomic mass is 16.3. The summed E-state index contributed by atoms with van der Waals surface area (Å²) in [6.07, 6.45) is 4.93. The molecule has 0 fully saturated rings. The monoisotopic (exact) mass is 379 g/mol. The fraction of sp³-hybridized carbons (Fsp3) is 0.160. The van der Waals surface area contributed by atoms with Crippen molar-refractivity contribution in [2.45, 2.75) is 26.7 Å². The van der Waals surface area contributed by atoms with Crippen molar-refractivity contribution < 1.29 is 4.42 Å². The summed E-state index contributed by atoms with van der Waals surface area (Å²) in [7, 11) is 0. The Morgan fingerprint density at radius 1 is 0.966 bits per heavy atom. The van der Waals surface area contributed by atoms with Gasteiger partial charge in [0.15, 0.2) is 0 Å². The van der Waals surface area contributed by atoms with Crippen LogP contribution in [0.1, 0.15) is 39.3 Å². The molecule has 0 aliphatic carbocycles. The van der Waals surface area contributed by atoms with Gasteiger partial charge in [-0.2, -0.15) is 5.26 Å². The molecule has 0 radical (unpaired) electrons. The molecule has 4 heteroatoms. The third kappa shape index (κ3) is 4.25. The number of aryl methyl sites for hydroxylation is 2. The van der Waals surface area contributed by atoms with Crippen LogP contribution >= 0.6 is 0 Å². The van der Waals surface area contributed by atoms with E-state index in [1.54, 1.807) is 6.26 Å². The lowest BCUT2D eigenvalue weighted by atomic mass is 9.95. The Kier molecular flexibility index (Phi) is 5.22. The van der Waals surface area contributed by atoms with Crippen LogP contribution in [0, 0.1) is 25.2 Å². The predicted molar refractivity (Wildman–Crippen MR) is 112 cm³/mol. The Labute approximate surface area is 170 Å². The molecular formula is C25H21N3O. The number of nitriles is 1. The van der Waals surface area contributed by atoms with Crippen molar-refractivity contribution in [1.82, 2.24) is 9.97 Å². The van der Waals surface area contributed by atoms with Crippen LogP contribution in [-0.2, 0) is 12.8 Å². The van der Waals surface area contributed by atoms with Gasteiger partial charge in [0.05, 0.1) is 17.9 Å². The van der Waals surface area contributed by atoms with E-state index in [9.17, 15) is 0 Å². The van der Waals surface area contributed by atoms with Crippen molar-refractivity contribution in [3.63, 3.8) is 0 Å². The van der Waals surface area contributed by atoms with E-state index >= 15 is 0 Å². The lowest BCUT2D eigenvalue weighted by Crippen LogP contribution is -2.03. The van der Waals surface area contributed by atoms with Crippen molar-refractivity contribution in [1.29, 1.82) is 5.26 Å². The van der Waals surface area contributed by atoms with Gasteiger partial charge in [0.2, 0.25) is 0 Å². The standard InChI is InChI=1S/C25H21N3O/c1-17-12-21(24-4-3-11-29-24)13-18(2)23(17)15-22-9-10-27-25(28-22)14-19-5-7-20(16-26)8-6-19/h3-13H,14-15H2,1-2H3. The molecule has 4 rings (SSSR count). The van der Waals surface area contributed by atoms with Crippen LogP contribution in [0.3, 0.4) is 0 Å². The van der Waals surface area contributed by atoms with Crippen LogP contribution in [0.15, 0.2) is 71.5 Å². The molecule has 0 bridgehead atoms.